The number of nitrogens with one attached hydrogen (secondary N) is 2. The minimum absolute atomic E-state index is 0.0663. The number of anilines is 1. The minimum atomic E-state index is -0.930. The summed E-state index contributed by atoms with van der Waals surface area (Å²) in [5.41, 5.74) is 0.0476. The third-order valence-electron chi connectivity index (χ3n) is 3.83. The Labute approximate surface area is 163 Å². The van der Waals surface area contributed by atoms with Gasteiger partial charge in [0.25, 0.3) is 11.8 Å². The predicted octanol–water partition coefficient (Wildman–Crippen LogP) is 1.58. The Morgan fingerprint density at radius 3 is 2.75 bits per heavy atom. The van der Waals surface area contributed by atoms with Crippen molar-refractivity contribution < 1.29 is 23.9 Å². The molecule has 1 atom stereocenters. The zero-order chi connectivity index (χ0) is 20.9. The number of alkyl carbamates (subject to hydrolysis) is 1. The number of carbonyl (C=O) groups excluding carboxylic acids is 3. The first-order valence-electron chi connectivity index (χ1n) is 8.81. The first-order valence-corrected chi connectivity index (χ1v) is 8.81. The number of hydrogen-bond donors (Lipinski definition) is 2. The molecule has 1 aliphatic rings. The van der Waals surface area contributed by atoms with Gasteiger partial charge < -0.3 is 25.0 Å². The molecule has 0 aromatic heterocycles. The lowest BCUT2D eigenvalue weighted by Crippen LogP contribution is -2.50. The van der Waals surface area contributed by atoms with Gasteiger partial charge in [0.15, 0.2) is 0 Å². The van der Waals surface area contributed by atoms with Crippen molar-refractivity contribution in [3.05, 3.63) is 23.8 Å². The normalized spacial score (nSPS) is 16.2. The Morgan fingerprint density at radius 1 is 1.39 bits per heavy atom. The highest BCUT2D eigenvalue weighted by molar-refractivity contribution is 6.02. The topological polar surface area (TPSA) is 121 Å². The second kappa shape index (κ2) is 8.61. The quantitative estimate of drug-likeness (QED) is 0.756. The smallest absolute Gasteiger partial charge is 0.408 e. The van der Waals surface area contributed by atoms with E-state index in [1.165, 1.54) is 18.0 Å². The molecule has 0 bridgehead atoms. The van der Waals surface area contributed by atoms with E-state index in [9.17, 15) is 14.4 Å². The van der Waals surface area contributed by atoms with Gasteiger partial charge in [0.2, 0.25) is 0 Å². The van der Waals surface area contributed by atoms with Gasteiger partial charge >= 0.3 is 6.09 Å². The van der Waals surface area contributed by atoms with Crippen molar-refractivity contribution in [3.63, 3.8) is 0 Å². The number of ether oxygens (including phenoxy) is 2. The number of rotatable bonds is 4. The van der Waals surface area contributed by atoms with Crippen LogP contribution in [0.3, 0.4) is 0 Å². The van der Waals surface area contributed by atoms with Gasteiger partial charge in [-0.1, -0.05) is 0 Å². The molecule has 2 rings (SSSR count). The Morgan fingerprint density at radius 2 is 2.11 bits per heavy atom. The number of nitriles is 1. The molecule has 0 saturated heterocycles. The average molecular weight is 388 g/mol. The molecule has 0 spiro atoms. The van der Waals surface area contributed by atoms with Gasteiger partial charge in [0.1, 0.15) is 24.0 Å². The fraction of sp³-hybridized carbons (Fsp3) is 0.474. The van der Waals surface area contributed by atoms with Crippen LogP contribution in [0.4, 0.5) is 10.5 Å². The van der Waals surface area contributed by atoms with Crippen molar-refractivity contribution in [2.45, 2.75) is 38.8 Å². The fourth-order valence-corrected chi connectivity index (χ4v) is 2.53. The summed E-state index contributed by atoms with van der Waals surface area (Å²) in [5.74, 6) is -0.337. The van der Waals surface area contributed by atoms with E-state index in [0.29, 0.717) is 17.0 Å². The Kier molecular flexibility index (Phi) is 6.46. The van der Waals surface area contributed by atoms with Gasteiger partial charge in [-0.3, -0.25) is 9.59 Å². The van der Waals surface area contributed by atoms with Gasteiger partial charge in [-0.05, 0) is 39.0 Å². The van der Waals surface area contributed by atoms with E-state index >= 15 is 0 Å². The zero-order valence-electron chi connectivity index (χ0n) is 16.4. The van der Waals surface area contributed by atoms with Crippen LogP contribution in [0.15, 0.2) is 18.2 Å². The molecule has 2 N–H and O–H groups in total. The molecule has 1 aliphatic heterocycles. The van der Waals surface area contributed by atoms with Crippen molar-refractivity contribution in [3.8, 4) is 11.8 Å². The molecular weight excluding hydrogens is 364 g/mol. The standard InChI is InChI=1S/C19H24N4O5/c1-19(2,3)28-18(26)22-13-11-27-15-7-6-12(16(24)21-9-5-8-20)10-14(15)23(4)17(13)25/h6-7,10,13H,5,9,11H2,1-4H3,(H,21,24)(H,22,26). The molecule has 1 unspecified atom stereocenters. The molecule has 150 valence electrons. The number of nitrogens with zero attached hydrogens (tertiary/aromatic N) is 2. The molecule has 0 aliphatic carbocycles. The minimum Gasteiger partial charge on any atom is -0.489 e. The Hall–Kier alpha value is -3.28. The summed E-state index contributed by atoms with van der Waals surface area (Å²) in [4.78, 5) is 38.3. The first kappa shape index (κ1) is 21.0. The number of amides is 3. The van der Waals surface area contributed by atoms with Gasteiger partial charge in [0, 0.05) is 19.2 Å². The number of benzene rings is 1. The molecule has 9 heteroatoms. The summed E-state index contributed by atoms with van der Waals surface area (Å²) >= 11 is 0. The number of likely N-dealkylation sites (N-methyl/N-ethyl adjacent to an activating group) is 1. The van der Waals surface area contributed by atoms with Crippen molar-refractivity contribution in [2.24, 2.45) is 0 Å². The Bertz CT molecular complexity index is 810. The Balaban J connectivity index is 2.15. The maximum absolute atomic E-state index is 12.7. The van der Waals surface area contributed by atoms with Crippen molar-refractivity contribution in [1.82, 2.24) is 10.6 Å². The molecule has 0 saturated carbocycles. The third-order valence-corrected chi connectivity index (χ3v) is 3.83. The van der Waals surface area contributed by atoms with E-state index in [-0.39, 0.29) is 25.5 Å². The monoisotopic (exact) mass is 388 g/mol. The van der Waals surface area contributed by atoms with Crippen LogP contribution in [0.2, 0.25) is 0 Å². The van der Waals surface area contributed by atoms with Crippen LogP contribution in [0.1, 0.15) is 37.6 Å². The number of carbonyl (C=O) groups is 3. The summed E-state index contributed by atoms with van der Waals surface area (Å²) in [7, 11) is 1.54. The zero-order valence-corrected chi connectivity index (χ0v) is 16.4. The van der Waals surface area contributed by atoms with Crippen LogP contribution in [0.25, 0.3) is 0 Å². The number of fused-ring (bicyclic) bond motifs is 1. The third kappa shape index (κ3) is 5.36. The average Bonchev–Trinajstić information content (AvgIpc) is 2.72. The number of hydrogen-bond acceptors (Lipinski definition) is 6. The SMILES string of the molecule is CN1C(=O)C(NC(=O)OC(C)(C)C)COc2ccc(C(=O)NCCC#N)cc21. The van der Waals surface area contributed by atoms with Gasteiger partial charge in [-0.2, -0.15) is 5.26 Å². The molecule has 0 radical (unpaired) electrons. The van der Waals surface area contributed by atoms with E-state index in [4.69, 9.17) is 14.7 Å². The van der Waals surface area contributed by atoms with Crippen LogP contribution >= 0.6 is 0 Å². The summed E-state index contributed by atoms with van der Waals surface area (Å²) < 4.78 is 10.8. The van der Waals surface area contributed by atoms with E-state index in [1.807, 2.05) is 6.07 Å². The predicted molar refractivity (Wildman–Crippen MR) is 101 cm³/mol. The van der Waals surface area contributed by atoms with Crippen LogP contribution in [0, 0.1) is 11.3 Å². The van der Waals surface area contributed by atoms with Crippen molar-refractivity contribution in [1.29, 1.82) is 5.26 Å². The molecule has 9 nitrogen and oxygen atoms in total. The molecule has 1 aromatic carbocycles. The van der Waals surface area contributed by atoms with E-state index in [0.717, 1.165) is 0 Å². The maximum atomic E-state index is 12.7. The molecule has 1 aromatic rings. The van der Waals surface area contributed by atoms with Crippen LogP contribution in [0.5, 0.6) is 5.75 Å². The largest absolute Gasteiger partial charge is 0.489 e. The van der Waals surface area contributed by atoms with Gasteiger partial charge in [-0.15, -0.1) is 0 Å². The van der Waals surface area contributed by atoms with Crippen molar-refractivity contribution >= 4 is 23.6 Å². The first-order chi connectivity index (χ1) is 13.1. The molecule has 28 heavy (non-hydrogen) atoms. The molecule has 0 fully saturated rings. The second-order valence-corrected chi connectivity index (χ2v) is 7.25. The molecule has 3 amide bonds. The van der Waals surface area contributed by atoms with E-state index in [1.54, 1.807) is 32.9 Å². The highest BCUT2D eigenvalue weighted by Gasteiger charge is 2.32. The van der Waals surface area contributed by atoms with Gasteiger partial charge in [-0.25, -0.2) is 4.79 Å². The summed E-state index contributed by atoms with van der Waals surface area (Å²) in [6.45, 7) is 5.35. The lowest BCUT2D eigenvalue weighted by atomic mass is 10.1. The highest BCUT2D eigenvalue weighted by Crippen LogP contribution is 2.31. The van der Waals surface area contributed by atoms with Crippen LogP contribution in [-0.2, 0) is 9.53 Å². The van der Waals surface area contributed by atoms with Crippen LogP contribution in [-0.4, -0.2) is 49.7 Å². The lowest BCUT2D eigenvalue weighted by molar-refractivity contribution is -0.120. The molecule has 1 heterocycles. The van der Waals surface area contributed by atoms with E-state index < -0.39 is 23.6 Å². The van der Waals surface area contributed by atoms with E-state index in [2.05, 4.69) is 10.6 Å². The summed E-state index contributed by atoms with van der Waals surface area (Å²) in [5, 5.41) is 13.7. The summed E-state index contributed by atoms with van der Waals surface area (Å²) in [6, 6.07) is 5.71. The lowest BCUT2D eigenvalue weighted by Gasteiger charge is -2.23. The summed E-state index contributed by atoms with van der Waals surface area (Å²) in [6.07, 6.45) is -0.512. The fourth-order valence-electron chi connectivity index (χ4n) is 2.53. The molecular formula is C19H24N4O5. The maximum Gasteiger partial charge on any atom is 0.408 e. The van der Waals surface area contributed by atoms with Gasteiger partial charge in [0.05, 0.1) is 18.2 Å². The second-order valence-electron chi connectivity index (χ2n) is 7.25. The highest BCUT2D eigenvalue weighted by atomic mass is 16.6. The van der Waals surface area contributed by atoms with Crippen molar-refractivity contribution in [2.75, 3.05) is 25.1 Å². The van der Waals surface area contributed by atoms with Crippen LogP contribution < -0.4 is 20.3 Å².